The van der Waals surface area contributed by atoms with Crippen molar-refractivity contribution in [3.8, 4) is 0 Å². The lowest BCUT2D eigenvalue weighted by Crippen LogP contribution is -2.21. The smallest absolute Gasteiger partial charge is 0.475 e. The standard InChI is InChI=1S/C18H17N3O2S.C2HF3O2/c19-18(20)15-10-9-14-7-4-8-17(16(14)11-15)21-24(22,23)12-13-5-2-1-3-6-13;3-2(4,5)1(6)7/h1-11,21H,12H2,(H3,19,20);(H,6,7). The zero-order valence-electron chi connectivity index (χ0n) is 15.8. The van der Waals surface area contributed by atoms with E-state index >= 15 is 0 Å². The number of alkyl halides is 3. The van der Waals surface area contributed by atoms with Crippen molar-refractivity contribution >= 4 is 38.3 Å². The first kappa shape index (κ1) is 23.7. The minimum Gasteiger partial charge on any atom is -0.475 e. The first-order chi connectivity index (χ1) is 14.4. The Hall–Kier alpha value is -3.60. The van der Waals surface area contributed by atoms with Crippen LogP contribution in [0, 0.1) is 5.41 Å². The number of amidine groups is 1. The summed E-state index contributed by atoms with van der Waals surface area (Å²) in [6.45, 7) is 0. The van der Waals surface area contributed by atoms with Crippen molar-refractivity contribution < 1.29 is 31.5 Å². The van der Waals surface area contributed by atoms with Crippen molar-refractivity contribution in [3.05, 3.63) is 77.9 Å². The van der Waals surface area contributed by atoms with Gasteiger partial charge in [0.1, 0.15) is 5.84 Å². The highest BCUT2D eigenvalue weighted by Gasteiger charge is 2.38. The molecule has 0 fully saturated rings. The lowest BCUT2D eigenvalue weighted by atomic mass is 10.1. The molecule has 3 rings (SSSR count). The summed E-state index contributed by atoms with van der Waals surface area (Å²) in [7, 11) is -3.55. The fourth-order valence-electron chi connectivity index (χ4n) is 2.53. The molecule has 31 heavy (non-hydrogen) atoms. The number of hydrogen-bond acceptors (Lipinski definition) is 4. The van der Waals surface area contributed by atoms with Crippen LogP contribution < -0.4 is 10.5 Å². The SMILES string of the molecule is N=C(N)c1ccc2cccc(NS(=O)(=O)Cc3ccccc3)c2c1.O=C(O)C(F)(F)F. The van der Waals surface area contributed by atoms with Crippen LogP contribution >= 0.6 is 0 Å². The van der Waals surface area contributed by atoms with Crippen molar-refractivity contribution in [1.29, 1.82) is 5.41 Å². The van der Waals surface area contributed by atoms with Crippen molar-refractivity contribution in [1.82, 2.24) is 0 Å². The topological polar surface area (TPSA) is 133 Å². The molecule has 5 N–H and O–H groups in total. The van der Waals surface area contributed by atoms with Gasteiger partial charge in [-0.3, -0.25) is 10.1 Å². The predicted octanol–water partition coefficient (Wildman–Crippen LogP) is 3.70. The van der Waals surface area contributed by atoms with Gasteiger partial charge in [0.25, 0.3) is 0 Å². The van der Waals surface area contributed by atoms with E-state index in [-0.39, 0.29) is 11.6 Å². The fraction of sp³-hybridized carbons (Fsp3) is 0.100. The Kier molecular flexibility index (Phi) is 7.24. The summed E-state index contributed by atoms with van der Waals surface area (Å²) < 4.78 is 59.3. The molecular weight excluding hydrogens is 435 g/mol. The number of rotatable bonds is 5. The van der Waals surface area contributed by atoms with Gasteiger partial charge in [-0.2, -0.15) is 13.2 Å². The van der Waals surface area contributed by atoms with Crippen LogP contribution in [0.4, 0.5) is 18.9 Å². The van der Waals surface area contributed by atoms with Gasteiger partial charge in [-0.25, -0.2) is 13.2 Å². The van der Waals surface area contributed by atoms with Crippen molar-refractivity contribution in [3.63, 3.8) is 0 Å². The third-order valence-electron chi connectivity index (χ3n) is 3.90. The van der Waals surface area contributed by atoms with Gasteiger partial charge in [-0.1, -0.05) is 54.6 Å². The molecule has 11 heteroatoms. The van der Waals surface area contributed by atoms with Gasteiger partial charge < -0.3 is 10.8 Å². The van der Waals surface area contributed by atoms with E-state index in [4.69, 9.17) is 21.0 Å². The Morgan fingerprint density at radius 3 is 2.19 bits per heavy atom. The summed E-state index contributed by atoms with van der Waals surface area (Å²) in [5.74, 6) is -2.91. The van der Waals surface area contributed by atoms with E-state index in [0.717, 1.165) is 10.9 Å². The number of hydrogen-bond donors (Lipinski definition) is 4. The molecule has 0 aromatic heterocycles. The first-order valence-electron chi connectivity index (χ1n) is 8.61. The number of carboxylic acids is 1. The van der Waals surface area contributed by atoms with Crippen LogP contribution in [0.1, 0.15) is 11.1 Å². The highest BCUT2D eigenvalue weighted by atomic mass is 32.2. The Balaban J connectivity index is 0.000000423. The number of anilines is 1. The number of sulfonamides is 1. The van der Waals surface area contributed by atoms with E-state index in [1.165, 1.54) is 0 Å². The molecule has 0 atom stereocenters. The van der Waals surface area contributed by atoms with Crippen LogP contribution in [-0.2, 0) is 20.6 Å². The number of carbonyl (C=O) groups is 1. The summed E-state index contributed by atoms with van der Waals surface area (Å²) in [6, 6.07) is 19.7. The van der Waals surface area contributed by atoms with E-state index in [9.17, 15) is 21.6 Å². The fourth-order valence-corrected chi connectivity index (χ4v) is 3.74. The summed E-state index contributed by atoms with van der Waals surface area (Å²) >= 11 is 0. The second kappa shape index (κ2) is 9.47. The van der Waals surface area contributed by atoms with E-state index in [2.05, 4.69) is 4.72 Å². The van der Waals surface area contributed by atoms with Crippen LogP contribution in [0.25, 0.3) is 10.8 Å². The van der Waals surface area contributed by atoms with E-state index in [1.807, 2.05) is 30.3 Å². The zero-order chi connectivity index (χ0) is 23.2. The van der Waals surface area contributed by atoms with Gasteiger partial charge in [0.15, 0.2) is 0 Å². The molecule has 0 bridgehead atoms. The lowest BCUT2D eigenvalue weighted by molar-refractivity contribution is -0.192. The maximum atomic E-state index is 12.5. The van der Waals surface area contributed by atoms with Gasteiger partial charge in [0.2, 0.25) is 10.0 Å². The third-order valence-corrected chi connectivity index (χ3v) is 5.14. The number of fused-ring (bicyclic) bond motifs is 1. The van der Waals surface area contributed by atoms with Gasteiger partial charge in [-0.05, 0) is 23.1 Å². The summed E-state index contributed by atoms with van der Waals surface area (Å²) in [5.41, 5.74) is 7.28. The van der Waals surface area contributed by atoms with Gasteiger partial charge >= 0.3 is 12.1 Å². The summed E-state index contributed by atoms with van der Waals surface area (Å²) in [6.07, 6.45) is -5.08. The molecule has 0 unspecified atom stereocenters. The molecule has 0 aliphatic rings. The largest absolute Gasteiger partial charge is 0.490 e. The van der Waals surface area contributed by atoms with E-state index in [1.54, 1.807) is 36.4 Å². The Morgan fingerprint density at radius 1 is 1.03 bits per heavy atom. The molecule has 0 radical (unpaired) electrons. The van der Waals surface area contributed by atoms with Crippen molar-refractivity contribution in [2.45, 2.75) is 11.9 Å². The molecule has 7 nitrogen and oxygen atoms in total. The Labute approximate surface area is 175 Å². The van der Waals surface area contributed by atoms with Gasteiger partial charge in [-0.15, -0.1) is 0 Å². The number of benzene rings is 3. The molecular formula is C20H18F3N3O4S. The normalized spacial score (nSPS) is 11.3. The van der Waals surface area contributed by atoms with Crippen LogP contribution in [0.3, 0.4) is 0 Å². The highest BCUT2D eigenvalue weighted by molar-refractivity contribution is 7.91. The summed E-state index contributed by atoms with van der Waals surface area (Å²) in [5, 5.41) is 16.3. The maximum absolute atomic E-state index is 12.5. The monoisotopic (exact) mass is 453 g/mol. The molecule has 3 aromatic carbocycles. The zero-order valence-corrected chi connectivity index (χ0v) is 16.7. The average molecular weight is 453 g/mol. The molecule has 0 amide bonds. The predicted molar refractivity (Wildman–Crippen MR) is 111 cm³/mol. The molecule has 0 heterocycles. The molecule has 0 saturated heterocycles. The third kappa shape index (κ3) is 7.00. The van der Waals surface area contributed by atoms with Crippen LogP contribution in [0.2, 0.25) is 0 Å². The van der Waals surface area contributed by atoms with Gasteiger partial charge in [0, 0.05) is 10.9 Å². The minimum atomic E-state index is -5.08. The second-order valence-corrected chi connectivity index (χ2v) is 8.03. The van der Waals surface area contributed by atoms with Crippen LogP contribution in [0.15, 0.2) is 66.7 Å². The highest BCUT2D eigenvalue weighted by Crippen LogP contribution is 2.26. The number of aliphatic carboxylic acids is 1. The van der Waals surface area contributed by atoms with Crippen molar-refractivity contribution in [2.24, 2.45) is 5.73 Å². The lowest BCUT2D eigenvalue weighted by Gasteiger charge is -2.12. The maximum Gasteiger partial charge on any atom is 0.490 e. The number of halogens is 3. The van der Waals surface area contributed by atoms with Gasteiger partial charge in [0.05, 0.1) is 11.4 Å². The molecule has 0 spiro atoms. The Morgan fingerprint density at radius 2 is 1.65 bits per heavy atom. The number of nitrogens with two attached hydrogens (primary N) is 1. The molecule has 0 aliphatic carbocycles. The van der Waals surface area contributed by atoms with E-state index in [0.29, 0.717) is 16.6 Å². The number of nitrogen functional groups attached to an aromatic ring is 1. The first-order valence-corrected chi connectivity index (χ1v) is 10.3. The quantitative estimate of drug-likeness (QED) is 0.345. The number of nitrogens with one attached hydrogen (secondary N) is 2. The van der Waals surface area contributed by atoms with Crippen molar-refractivity contribution in [2.75, 3.05) is 4.72 Å². The molecule has 0 aliphatic heterocycles. The second-order valence-electron chi connectivity index (χ2n) is 6.30. The minimum absolute atomic E-state index is 0.0566. The van der Waals surface area contributed by atoms with E-state index < -0.39 is 22.2 Å². The van der Waals surface area contributed by atoms with Crippen LogP contribution in [0.5, 0.6) is 0 Å². The summed E-state index contributed by atoms with van der Waals surface area (Å²) in [4.78, 5) is 8.90. The average Bonchev–Trinajstić information content (AvgIpc) is 2.67. The number of carboxylic acid groups (broad SMARTS) is 1. The molecule has 164 valence electrons. The molecule has 3 aromatic rings. The Bertz CT molecular complexity index is 1200. The van der Waals surface area contributed by atoms with Crippen LogP contribution in [-0.4, -0.2) is 31.5 Å². The molecule has 0 saturated carbocycles.